The van der Waals surface area contributed by atoms with Crippen LogP contribution in [0.2, 0.25) is 15.1 Å². The Bertz CT molecular complexity index is 706. The van der Waals surface area contributed by atoms with E-state index in [2.05, 4.69) is 17.0 Å². The third-order valence-corrected chi connectivity index (χ3v) is 6.98. The molecule has 2 unspecified atom stereocenters. The van der Waals surface area contributed by atoms with Gasteiger partial charge in [0.05, 0.1) is 14.9 Å². The van der Waals surface area contributed by atoms with Crippen LogP contribution in [0.5, 0.6) is 0 Å². The third kappa shape index (κ3) is 8.54. The number of halogens is 3. The van der Waals surface area contributed by atoms with Gasteiger partial charge in [-0.1, -0.05) is 62.0 Å². The highest BCUT2D eigenvalue weighted by molar-refractivity contribution is 7.97. The Kier molecular flexibility index (Phi) is 10.6. The molecule has 0 heterocycles. The monoisotopic (exact) mass is 481 g/mol. The lowest BCUT2D eigenvalue weighted by molar-refractivity contribution is -0.126. The van der Waals surface area contributed by atoms with Crippen molar-refractivity contribution in [2.45, 2.75) is 70.4 Å². The summed E-state index contributed by atoms with van der Waals surface area (Å²) in [5.41, 5.74) is 4.05. The van der Waals surface area contributed by atoms with E-state index in [1.807, 2.05) is 13.8 Å². The number of rotatable bonds is 6. The van der Waals surface area contributed by atoms with Crippen molar-refractivity contribution >= 4 is 58.6 Å². The van der Waals surface area contributed by atoms with E-state index < -0.39 is 5.54 Å². The number of nitrogens with one attached hydrogen (secondary N) is 2. The van der Waals surface area contributed by atoms with Crippen LogP contribution in [0.3, 0.4) is 0 Å². The van der Waals surface area contributed by atoms with Crippen LogP contribution >= 0.6 is 46.8 Å². The highest BCUT2D eigenvalue weighted by Gasteiger charge is 2.32. The molecule has 0 aromatic heterocycles. The summed E-state index contributed by atoms with van der Waals surface area (Å²) in [6, 6.07) is 3.52. The van der Waals surface area contributed by atoms with Gasteiger partial charge in [0.15, 0.2) is 0 Å². The SMILES string of the molecule is CC(C)C(N)=O.CC1CCCC1NC(=O)C(C)(C)NSc1c(Cl)cc(Cl)cc1Cl. The molecule has 1 aliphatic carbocycles. The van der Waals surface area contributed by atoms with Crippen molar-refractivity contribution in [3.05, 3.63) is 27.2 Å². The Hall–Kier alpha value is -0.660. The summed E-state index contributed by atoms with van der Waals surface area (Å²) in [6.07, 6.45) is 3.39. The van der Waals surface area contributed by atoms with Crippen LogP contribution in [0.4, 0.5) is 0 Å². The highest BCUT2D eigenvalue weighted by atomic mass is 35.5. The van der Waals surface area contributed by atoms with E-state index in [0.29, 0.717) is 25.9 Å². The van der Waals surface area contributed by atoms with Gasteiger partial charge in [0.2, 0.25) is 11.8 Å². The second-order valence-electron chi connectivity index (χ2n) is 8.07. The number of nitrogens with two attached hydrogens (primary N) is 1. The molecule has 2 amide bonds. The smallest absolute Gasteiger partial charge is 0.240 e. The zero-order valence-electron chi connectivity index (χ0n) is 17.4. The third-order valence-electron chi connectivity index (χ3n) is 4.69. The van der Waals surface area contributed by atoms with Crippen LogP contribution in [-0.4, -0.2) is 23.4 Å². The molecular weight excluding hydrogens is 453 g/mol. The lowest BCUT2D eigenvalue weighted by Crippen LogP contribution is -2.53. The Balaban J connectivity index is 0.000000612. The van der Waals surface area contributed by atoms with E-state index in [1.54, 1.807) is 26.0 Å². The molecule has 5 nitrogen and oxygen atoms in total. The molecule has 1 fully saturated rings. The van der Waals surface area contributed by atoms with Crippen LogP contribution in [-0.2, 0) is 9.59 Å². The predicted octanol–water partition coefficient (Wildman–Crippen LogP) is 5.45. The predicted molar refractivity (Wildman–Crippen MR) is 124 cm³/mol. The van der Waals surface area contributed by atoms with Gasteiger partial charge in [0, 0.05) is 17.0 Å². The second kappa shape index (κ2) is 11.7. The summed E-state index contributed by atoms with van der Waals surface area (Å²) >= 11 is 19.5. The quantitative estimate of drug-likeness (QED) is 0.470. The van der Waals surface area contributed by atoms with Gasteiger partial charge in [-0.2, -0.15) is 0 Å². The number of hydrogen-bond donors (Lipinski definition) is 3. The summed E-state index contributed by atoms with van der Waals surface area (Å²) in [5, 5.41) is 4.54. The maximum atomic E-state index is 12.5. The van der Waals surface area contributed by atoms with Crippen molar-refractivity contribution in [1.82, 2.24) is 10.0 Å². The summed E-state index contributed by atoms with van der Waals surface area (Å²) in [4.78, 5) is 23.1. The summed E-state index contributed by atoms with van der Waals surface area (Å²) < 4.78 is 3.16. The van der Waals surface area contributed by atoms with E-state index in [0.717, 1.165) is 6.42 Å². The van der Waals surface area contributed by atoms with Gasteiger partial charge in [-0.15, -0.1) is 0 Å². The molecule has 0 aliphatic heterocycles. The Morgan fingerprint density at radius 1 is 1.17 bits per heavy atom. The van der Waals surface area contributed by atoms with E-state index in [9.17, 15) is 9.59 Å². The molecule has 1 aromatic carbocycles. The van der Waals surface area contributed by atoms with Gasteiger partial charge >= 0.3 is 0 Å². The fourth-order valence-corrected chi connectivity index (χ4v) is 4.37. The average Bonchev–Trinajstić information content (AvgIpc) is 2.99. The first-order valence-electron chi connectivity index (χ1n) is 9.54. The lowest BCUT2D eigenvalue weighted by Gasteiger charge is -2.28. The number of amides is 2. The van der Waals surface area contributed by atoms with Gasteiger partial charge in [-0.05, 0) is 56.7 Å². The molecule has 0 saturated heterocycles. The molecule has 29 heavy (non-hydrogen) atoms. The van der Waals surface area contributed by atoms with Gasteiger partial charge in [0.25, 0.3) is 0 Å². The van der Waals surface area contributed by atoms with Crippen LogP contribution < -0.4 is 15.8 Å². The van der Waals surface area contributed by atoms with Crippen LogP contribution in [0.1, 0.15) is 53.9 Å². The topological polar surface area (TPSA) is 84.2 Å². The number of benzene rings is 1. The van der Waals surface area contributed by atoms with Crippen LogP contribution in [0, 0.1) is 11.8 Å². The standard InChI is InChI=1S/C16H21Cl3N2OS.C4H9NO/c1-9-5-4-6-13(9)20-15(22)16(2,3)21-23-14-11(18)7-10(17)8-12(14)19;1-3(2)4(5)6/h7-9,13,21H,4-6H2,1-3H3,(H,20,22);3H,1-2H3,(H2,5,6). The molecule has 4 N–H and O–H groups in total. The Labute approximate surface area is 192 Å². The maximum Gasteiger partial charge on any atom is 0.240 e. The van der Waals surface area contributed by atoms with Crippen molar-refractivity contribution in [2.75, 3.05) is 0 Å². The molecule has 164 valence electrons. The molecule has 2 rings (SSSR count). The minimum Gasteiger partial charge on any atom is -0.369 e. The average molecular weight is 483 g/mol. The van der Waals surface area contributed by atoms with Crippen LogP contribution in [0.15, 0.2) is 17.0 Å². The molecule has 0 spiro atoms. The molecule has 0 radical (unpaired) electrons. The number of carbonyl (C=O) groups is 2. The molecule has 1 aromatic rings. The lowest BCUT2D eigenvalue weighted by atomic mass is 10.0. The first-order chi connectivity index (χ1) is 13.3. The summed E-state index contributed by atoms with van der Waals surface area (Å²) in [5.74, 6) is 0.257. The fraction of sp³-hybridized carbons (Fsp3) is 0.600. The first-order valence-corrected chi connectivity index (χ1v) is 11.5. The molecular formula is C20H30Cl3N3O2S. The maximum absolute atomic E-state index is 12.5. The first kappa shape index (κ1) is 26.4. The summed E-state index contributed by atoms with van der Waals surface area (Å²) in [7, 11) is 0. The molecule has 9 heteroatoms. The van der Waals surface area contributed by atoms with Crippen molar-refractivity contribution in [3.63, 3.8) is 0 Å². The highest BCUT2D eigenvalue weighted by Crippen LogP contribution is 2.36. The van der Waals surface area contributed by atoms with E-state index in [4.69, 9.17) is 40.5 Å². The van der Waals surface area contributed by atoms with Crippen molar-refractivity contribution < 1.29 is 9.59 Å². The van der Waals surface area contributed by atoms with E-state index >= 15 is 0 Å². The Morgan fingerprint density at radius 3 is 2.10 bits per heavy atom. The number of primary amides is 1. The second-order valence-corrected chi connectivity index (χ2v) is 10.1. The van der Waals surface area contributed by atoms with Crippen molar-refractivity contribution in [1.29, 1.82) is 0 Å². The number of hydrogen-bond acceptors (Lipinski definition) is 4. The molecule has 1 saturated carbocycles. The minimum absolute atomic E-state index is 0.00926. The largest absolute Gasteiger partial charge is 0.369 e. The summed E-state index contributed by atoms with van der Waals surface area (Å²) in [6.45, 7) is 9.39. The normalized spacial score (nSPS) is 18.9. The zero-order chi connectivity index (χ0) is 22.4. The Morgan fingerprint density at radius 2 is 1.69 bits per heavy atom. The van der Waals surface area contributed by atoms with Gasteiger partial charge in [-0.25, -0.2) is 4.72 Å². The zero-order valence-corrected chi connectivity index (χ0v) is 20.5. The van der Waals surface area contributed by atoms with E-state index in [1.165, 1.54) is 24.8 Å². The van der Waals surface area contributed by atoms with Crippen molar-refractivity contribution in [3.8, 4) is 0 Å². The molecule has 1 aliphatic rings. The van der Waals surface area contributed by atoms with Gasteiger partial charge < -0.3 is 11.1 Å². The molecule has 0 bridgehead atoms. The van der Waals surface area contributed by atoms with Gasteiger partial charge in [0.1, 0.15) is 5.54 Å². The van der Waals surface area contributed by atoms with Crippen molar-refractivity contribution in [2.24, 2.45) is 17.6 Å². The van der Waals surface area contributed by atoms with E-state index in [-0.39, 0.29) is 23.8 Å². The fourth-order valence-electron chi connectivity index (χ4n) is 2.56. The molecule has 2 atom stereocenters. The minimum atomic E-state index is -0.751. The number of carbonyl (C=O) groups excluding carboxylic acids is 2. The van der Waals surface area contributed by atoms with Gasteiger partial charge in [-0.3, -0.25) is 9.59 Å². The van der Waals surface area contributed by atoms with Crippen LogP contribution in [0.25, 0.3) is 0 Å².